The number of rotatable bonds is 54. The van der Waals surface area contributed by atoms with Crippen LogP contribution in [-0.2, 0) is 4.79 Å². The molecule has 0 aliphatic rings. The number of nitrogens with one attached hydrogen (secondary N) is 4. The quantitative estimate of drug-likeness (QED) is 0.0211. The molecule has 0 radical (unpaired) electrons. The van der Waals surface area contributed by atoms with E-state index in [0.29, 0.717) is 50.7 Å². The van der Waals surface area contributed by atoms with E-state index in [1.807, 2.05) is 18.2 Å². The summed E-state index contributed by atoms with van der Waals surface area (Å²) in [4.78, 5) is 26.2. The average molecular weight is 1020 g/mol. The first kappa shape index (κ1) is 65.8. The highest BCUT2D eigenvalue weighted by Crippen LogP contribution is 2.29. The summed E-state index contributed by atoms with van der Waals surface area (Å²) in [5, 5.41) is 12.9. The fourth-order valence-corrected chi connectivity index (χ4v) is 10.0. The van der Waals surface area contributed by atoms with Crippen LogP contribution in [0.15, 0.2) is 42.5 Å². The third-order valence-corrected chi connectivity index (χ3v) is 15.0. The number of hydrogen-bond acceptors (Lipinski definition) is 10. The fraction of sp³-hybridized carbons (Fsp3) is 0.793. The number of nitrogens with two attached hydrogens (primary N) is 2. The number of ether oxygens (including phenoxy) is 2. The van der Waals surface area contributed by atoms with Crippen LogP contribution in [0.1, 0.15) is 230 Å². The van der Waals surface area contributed by atoms with Gasteiger partial charge in [0.25, 0.3) is 5.91 Å². The Morgan fingerprint density at radius 3 is 1.47 bits per heavy atom. The van der Waals surface area contributed by atoms with Crippen LogP contribution in [0, 0.1) is 0 Å². The van der Waals surface area contributed by atoms with E-state index in [0.717, 1.165) is 88.3 Å². The Morgan fingerprint density at radius 1 is 0.514 bits per heavy atom. The van der Waals surface area contributed by atoms with Gasteiger partial charge in [-0.2, -0.15) is 0 Å². The van der Waals surface area contributed by atoms with Crippen molar-refractivity contribution in [3.05, 3.63) is 48.1 Å². The maximum atomic E-state index is 13.3. The van der Waals surface area contributed by atoms with Gasteiger partial charge in [0, 0.05) is 30.2 Å². The van der Waals surface area contributed by atoms with Gasteiger partial charge in [0.1, 0.15) is 0 Å². The number of carbonyl (C=O) groups is 2. The molecular weight excluding hydrogens is 909 g/mol. The van der Waals surface area contributed by atoms with Crippen molar-refractivity contribution in [1.82, 2.24) is 21.3 Å². The van der Waals surface area contributed by atoms with Gasteiger partial charge in [-0.25, -0.2) is 0 Å². The molecular formula is C58H108N6O4S2. The van der Waals surface area contributed by atoms with E-state index in [1.165, 1.54) is 154 Å². The second-order valence-electron chi connectivity index (χ2n) is 19.1. The topological polar surface area (TPSA) is 153 Å². The number of benzene rings is 1. The van der Waals surface area contributed by atoms with Gasteiger partial charge in [0.15, 0.2) is 11.5 Å². The van der Waals surface area contributed by atoms with Crippen LogP contribution < -0.4 is 42.2 Å². The van der Waals surface area contributed by atoms with Gasteiger partial charge in [0.05, 0.1) is 19.3 Å². The van der Waals surface area contributed by atoms with Crippen molar-refractivity contribution in [1.29, 1.82) is 0 Å². The minimum Gasteiger partial charge on any atom is -0.490 e. The molecule has 0 aliphatic heterocycles. The maximum absolute atomic E-state index is 13.3. The number of hydrogen-bond donors (Lipinski definition) is 6. The van der Waals surface area contributed by atoms with Crippen molar-refractivity contribution in [3.63, 3.8) is 0 Å². The molecule has 8 N–H and O–H groups in total. The molecule has 0 aliphatic carbocycles. The summed E-state index contributed by atoms with van der Waals surface area (Å²) < 4.78 is 12.6. The van der Waals surface area contributed by atoms with Gasteiger partial charge in [-0.05, 0) is 141 Å². The lowest BCUT2D eigenvalue weighted by molar-refractivity contribution is -0.123. The minimum atomic E-state index is -0.221. The van der Waals surface area contributed by atoms with Crippen LogP contribution >= 0.6 is 21.6 Å². The average Bonchev–Trinajstić information content (AvgIpc) is 3.37. The van der Waals surface area contributed by atoms with Crippen molar-refractivity contribution in [2.45, 2.75) is 225 Å². The SMILES string of the molecule is CCCCCCCC/C=C\CCCCCCCCOc1ccc(C(=O)NCCSSCCNC(=O)[C@H](CCCNCCCN)NCCCN)cc1OCCCCCCCC/C=C\CCCCCCCC. The largest absolute Gasteiger partial charge is 0.490 e. The number of carbonyl (C=O) groups excluding carboxylic acids is 2. The molecule has 0 spiro atoms. The Bertz CT molecular complexity index is 1370. The molecule has 10 nitrogen and oxygen atoms in total. The van der Waals surface area contributed by atoms with E-state index in [-0.39, 0.29) is 17.9 Å². The molecule has 406 valence electrons. The smallest absolute Gasteiger partial charge is 0.251 e. The van der Waals surface area contributed by atoms with Crippen LogP contribution in [0.4, 0.5) is 0 Å². The van der Waals surface area contributed by atoms with Crippen molar-refractivity contribution in [2.24, 2.45) is 11.5 Å². The van der Waals surface area contributed by atoms with Crippen molar-refractivity contribution >= 4 is 33.4 Å². The first-order valence-corrected chi connectivity index (χ1v) is 31.4. The van der Waals surface area contributed by atoms with Gasteiger partial charge in [-0.3, -0.25) is 9.59 Å². The fourth-order valence-electron chi connectivity index (χ4n) is 8.20. The van der Waals surface area contributed by atoms with Crippen LogP contribution in [0.25, 0.3) is 0 Å². The van der Waals surface area contributed by atoms with Crippen LogP contribution in [0.3, 0.4) is 0 Å². The van der Waals surface area contributed by atoms with Gasteiger partial charge < -0.3 is 42.2 Å². The van der Waals surface area contributed by atoms with Gasteiger partial charge in [0.2, 0.25) is 5.91 Å². The summed E-state index contributed by atoms with van der Waals surface area (Å²) in [6, 6.07) is 5.39. The number of allylic oxidation sites excluding steroid dienone is 4. The third kappa shape index (κ3) is 42.3. The Balaban J connectivity index is 2.47. The summed E-state index contributed by atoms with van der Waals surface area (Å²) in [7, 11) is 3.41. The summed E-state index contributed by atoms with van der Waals surface area (Å²) in [6.07, 6.45) is 48.8. The Labute approximate surface area is 438 Å². The molecule has 0 saturated heterocycles. The standard InChI is InChI=1S/C58H108N6O4S2/c1-3-5-7-9-11-13-15-17-19-21-23-25-27-29-31-33-48-67-55-40-39-53(52-56(55)68-49-34-32-30-28-26-24-22-20-18-16-14-12-10-8-6-4-2)57(65)63-46-50-69-70-51-47-64-58(66)54(62-45-37-42-60)38-35-43-61-44-36-41-59/h17-20,39-40,52,54,61-62H,3-16,21-38,41-51,59-60H2,1-2H3,(H,63,65)(H,64,66)/b19-17-,20-18-/t54-/m0/s1. The molecule has 1 aromatic rings. The highest BCUT2D eigenvalue weighted by molar-refractivity contribution is 8.76. The van der Waals surface area contributed by atoms with E-state index in [1.54, 1.807) is 21.6 Å². The molecule has 0 fully saturated rings. The predicted octanol–water partition coefficient (Wildman–Crippen LogP) is 13.8. The maximum Gasteiger partial charge on any atom is 0.251 e. The lowest BCUT2D eigenvalue weighted by Gasteiger charge is -2.18. The molecule has 2 amide bonds. The van der Waals surface area contributed by atoms with Gasteiger partial charge in [-0.15, -0.1) is 0 Å². The van der Waals surface area contributed by atoms with Gasteiger partial charge in [-0.1, -0.05) is 175 Å². The zero-order chi connectivity index (χ0) is 50.5. The normalized spacial score (nSPS) is 12.1. The zero-order valence-corrected chi connectivity index (χ0v) is 46.8. The second kappa shape index (κ2) is 53.1. The molecule has 0 saturated carbocycles. The Morgan fingerprint density at radius 2 is 0.957 bits per heavy atom. The highest BCUT2D eigenvalue weighted by atomic mass is 33.1. The van der Waals surface area contributed by atoms with Crippen molar-refractivity contribution in [2.75, 3.05) is 70.5 Å². The zero-order valence-electron chi connectivity index (χ0n) is 45.1. The Hall–Kier alpha value is -2.22. The molecule has 1 rings (SSSR count). The lowest BCUT2D eigenvalue weighted by Crippen LogP contribution is -2.45. The summed E-state index contributed by atoms with van der Waals surface area (Å²) in [6.45, 7) is 10.8. The van der Waals surface area contributed by atoms with E-state index in [2.05, 4.69) is 59.4 Å². The van der Waals surface area contributed by atoms with E-state index in [4.69, 9.17) is 20.9 Å². The monoisotopic (exact) mass is 1020 g/mol. The summed E-state index contributed by atoms with van der Waals surface area (Å²) in [5.41, 5.74) is 11.8. The van der Waals surface area contributed by atoms with Crippen LogP contribution in [-0.4, -0.2) is 88.4 Å². The van der Waals surface area contributed by atoms with Crippen molar-refractivity contribution in [3.8, 4) is 11.5 Å². The summed E-state index contributed by atoms with van der Waals surface area (Å²) >= 11 is 0. The van der Waals surface area contributed by atoms with E-state index >= 15 is 0 Å². The first-order valence-electron chi connectivity index (χ1n) is 28.9. The van der Waals surface area contributed by atoms with E-state index in [9.17, 15) is 9.59 Å². The molecule has 0 heterocycles. The molecule has 0 bridgehead atoms. The highest BCUT2D eigenvalue weighted by Gasteiger charge is 2.17. The van der Waals surface area contributed by atoms with Gasteiger partial charge >= 0.3 is 0 Å². The molecule has 0 unspecified atom stereocenters. The van der Waals surface area contributed by atoms with Crippen LogP contribution in [0.5, 0.6) is 11.5 Å². The Kier molecular flexibility index (Phi) is 49.9. The summed E-state index contributed by atoms with van der Waals surface area (Å²) in [5.74, 6) is 2.87. The molecule has 12 heteroatoms. The number of unbranched alkanes of at least 4 members (excludes halogenated alkanes) is 24. The third-order valence-electron chi connectivity index (χ3n) is 12.6. The lowest BCUT2D eigenvalue weighted by atomic mass is 10.1. The second-order valence-corrected chi connectivity index (χ2v) is 21.8. The van der Waals surface area contributed by atoms with E-state index < -0.39 is 0 Å². The number of amides is 2. The van der Waals surface area contributed by atoms with Crippen LogP contribution in [0.2, 0.25) is 0 Å². The molecule has 1 aromatic carbocycles. The van der Waals surface area contributed by atoms with Crippen molar-refractivity contribution < 1.29 is 19.1 Å². The first-order chi connectivity index (χ1) is 34.6. The molecule has 70 heavy (non-hydrogen) atoms. The minimum absolute atomic E-state index is 0.0399. The molecule has 1 atom stereocenters. The molecule has 0 aromatic heterocycles. The predicted molar refractivity (Wildman–Crippen MR) is 308 cm³/mol.